The molecule has 0 radical (unpaired) electrons. The summed E-state index contributed by atoms with van der Waals surface area (Å²) in [6.07, 6.45) is 1.35. The number of nitrogens with one attached hydrogen (secondary N) is 1. The predicted molar refractivity (Wildman–Crippen MR) is 86.0 cm³/mol. The molecular formula is C17H21NO6. The minimum atomic E-state index is -0.700. The van der Waals surface area contributed by atoms with Crippen LogP contribution in [0.2, 0.25) is 0 Å². The minimum Gasteiger partial charge on any atom is -0.463 e. The largest absolute Gasteiger partial charge is 0.463 e. The van der Waals surface area contributed by atoms with Crippen molar-refractivity contribution in [3.63, 3.8) is 0 Å². The highest BCUT2D eigenvalue weighted by molar-refractivity contribution is 5.91. The van der Waals surface area contributed by atoms with E-state index >= 15 is 0 Å². The van der Waals surface area contributed by atoms with Crippen LogP contribution in [0.25, 0.3) is 0 Å². The zero-order chi connectivity index (χ0) is 17.8. The van der Waals surface area contributed by atoms with E-state index in [4.69, 9.17) is 9.47 Å². The molecule has 1 rings (SSSR count). The Hall–Kier alpha value is -2.83. The van der Waals surface area contributed by atoms with Crippen molar-refractivity contribution in [3.8, 4) is 0 Å². The Labute approximate surface area is 140 Å². The van der Waals surface area contributed by atoms with Gasteiger partial charge in [-0.2, -0.15) is 0 Å². The second-order valence-electron chi connectivity index (χ2n) is 4.82. The van der Waals surface area contributed by atoms with Gasteiger partial charge < -0.3 is 19.5 Å². The summed E-state index contributed by atoms with van der Waals surface area (Å²) >= 11 is 0. The monoisotopic (exact) mass is 335 g/mol. The number of amides is 1. The third-order valence-corrected chi connectivity index (χ3v) is 2.69. The number of hydrogen-bond acceptors (Lipinski definition) is 6. The van der Waals surface area contributed by atoms with Gasteiger partial charge in [-0.1, -0.05) is 30.3 Å². The molecule has 0 unspecified atom stereocenters. The smallest absolute Gasteiger partial charge is 0.407 e. The molecule has 0 aliphatic heterocycles. The van der Waals surface area contributed by atoms with Gasteiger partial charge in [-0.05, 0) is 19.4 Å². The first-order valence-corrected chi connectivity index (χ1v) is 7.50. The maximum atomic E-state index is 11.6. The quantitative estimate of drug-likeness (QED) is 0.444. The average molecular weight is 335 g/mol. The van der Waals surface area contributed by atoms with Crippen LogP contribution in [-0.2, 0) is 30.4 Å². The third kappa shape index (κ3) is 8.57. The van der Waals surface area contributed by atoms with Crippen LogP contribution in [0.4, 0.5) is 4.79 Å². The number of ether oxygens (including phenoxy) is 3. The molecule has 1 amide bonds. The highest BCUT2D eigenvalue weighted by atomic mass is 16.6. The van der Waals surface area contributed by atoms with Crippen LogP contribution in [0.15, 0.2) is 42.5 Å². The van der Waals surface area contributed by atoms with Crippen molar-refractivity contribution in [1.82, 2.24) is 5.32 Å². The number of hydrogen-bond donors (Lipinski definition) is 1. The summed E-state index contributed by atoms with van der Waals surface area (Å²) in [5, 5.41) is 2.54. The lowest BCUT2D eigenvalue weighted by molar-refractivity contribution is -0.140. The summed E-state index contributed by atoms with van der Waals surface area (Å²) in [6, 6.07) is 8.82. The second kappa shape index (κ2) is 10.8. The molecule has 0 aromatic heterocycles. The topological polar surface area (TPSA) is 90.9 Å². The summed E-state index contributed by atoms with van der Waals surface area (Å²) < 4.78 is 14.6. The van der Waals surface area contributed by atoms with Gasteiger partial charge in [0, 0.05) is 12.2 Å². The zero-order valence-electron chi connectivity index (χ0n) is 13.7. The van der Waals surface area contributed by atoms with Crippen LogP contribution in [0.1, 0.15) is 19.4 Å². The Morgan fingerprint density at radius 3 is 2.29 bits per heavy atom. The highest BCUT2D eigenvalue weighted by Crippen LogP contribution is 2.00. The molecule has 7 heteroatoms. The van der Waals surface area contributed by atoms with E-state index in [0.717, 1.165) is 17.7 Å². The van der Waals surface area contributed by atoms with Crippen molar-refractivity contribution in [2.24, 2.45) is 0 Å². The van der Waals surface area contributed by atoms with Gasteiger partial charge in [-0.3, -0.25) is 0 Å². The van der Waals surface area contributed by atoms with Gasteiger partial charge in [0.15, 0.2) is 0 Å². The summed E-state index contributed by atoms with van der Waals surface area (Å²) in [4.78, 5) is 34.0. The maximum absolute atomic E-state index is 11.6. The van der Waals surface area contributed by atoms with Crippen molar-refractivity contribution in [2.75, 3.05) is 13.2 Å². The van der Waals surface area contributed by atoms with E-state index in [9.17, 15) is 14.4 Å². The molecule has 1 atom stereocenters. The van der Waals surface area contributed by atoms with Crippen LogP contribution in [-0.4, -0.2) is 37.3 Å². The van der Waals surface area contributed by atoms with Gasteiger partial charge in [-0.15, -0.1) is 0 Å². The lowest BCUT2D eigenvalue weighted by Crippen LogP contribution is -2.36. The lowest BCUT2D eigenvalue weighted by atomic mass is 10.2. The Morgan fingerprint density at radius 2 is 1.67 bits per heavy atom. The number of benzene rings is 1. The van der Waals surface area contributed by atoms with Crippen LogP contribution >= 0.6 is 0 Å². The van der Waals surface area contributed by atoms with Gasteiger partial charge in [0.2, 0.25) is 0 Å². The fourth-order valence-electron chi connectivity index (χ4n) is 1.59. The molecule has 0 spiro atoms. The summed E-state index contributed by atoms with van der Waals surface area (Å²) in [6.45, 7) is 3.65. The van der Waals surface area contributed by atoms with E-state index in [2.05, 4.69) is 10.1 Å². The van der Waals surface area contributed by atoms with E-state index in [1.807, 2.05) is 30.3 Å². The van der Waals surface area contributed by atoms with Crippen LogP contribution in [0.3, 0.4) is 0 Å². The molecule has 1 aromatic carbocycles. The maximum Gasteiger partial charge on any atom is 0.407 e. The Morgan fingerprint density at radius 1 is 1.04 bits per heavy atom. The first-order valence-electron chi connectivity index (χ1n) is 7.50. The molecule has 0 saturated carbocycles. The number of alkyl carbamates (subject to hydrolysis) is 1. The van der Waals surface area contributed by atoms with Gasteiger partial charge in [0.1, 0.15) is 13.2 Å². The molecule has 0 bridgehead atoms. The van der Waals surface area contributed by atoms with Crippen molar-refractivity contribution >= 4 is 18.0 Å². The number of esters is 2. The van der Waals surface area contributed by atoms with E-state index in [1.54, 1.807) is 13.8 Å². The summed E-state index contributed by atoms with van der Waals surface area (Å²) in [5.74, 6) is -1.32. The number of carbonyl (C=O) groups excluding carboxylic acids is 3. The molecule has 0 aliphatic carbocycles. The second-order valence-corrected chi connectivity index (χ2v) is 4.82. The molecule has 1 N–H and O–H groups in total. The fraction of sp³-hybridized carbons (Fsp3) is 0.353. The first kappa shape index (κ1) is 19.2. The molecule has 0 aliphatic rings. The molecule has 0 heterocycles. The summed E-state index contributed by atoms with van der Waals surface area (Å²) in [7, 11) is 0. The lowest BCUT2D eigenvalue weighted by Gasteiger charge is -2.13. The average Bonchev–Trinajstić information content (AvgIpc) is 2.57. The van der Waals surface area contributed by atoms with E-state index in [-0.39, 0.29) is 19.8 Å². The van der Waals surface area contributed by atoms with E-state index < -0.39 is 24.1 Å². The Balaban J connectivity index is 2.22. The first-order chi connectivity index (χ1) is 11.5. The standard InChI is InChI=1S/C17H21NO6/c1-3-22-15(19)9-10-16(20)23-11-13(2)18-17(21)24-12-14-7-5-4-6-8-14/h4-10,13H,3,11-12H2,1-2H3,(H,18,21)/b10-9+/t13-/m1/s1. The number of rotatable bonds is 8. The van der Waals surface area contributed by atoms with Gasteiger partial charge in [0.05, 0.1) is 12.6 Å². The molecule has 0 fully saturated rings. The van der Waals surface area contributed by atoms with E-state index in [0.29, 0.717) is 0 Å². The van der Waals surface area contributed by atoms with Crippen molar-refractivity contribution < 1.29 is 28.6 Å². The van der Waals surface area contributed by atoms with Gasteiger partial charge >= 0.3 is 18.0 Å². The molecule has 130 valence electrons. The molecule has 24 heavy (non-hydrogen) atoms. The fourth-order valence-corrected chi connectivity index (χ4v) is 1.59. The van der Waals surface area contributed by atoms with Crippen LogP contribution < -0.4 is 5.32 Å². The van der Waals surface area contributed by atoms with Crippen molar-refractivity contribution in [2.45, 2.75) is 26.5 Å². The third-order valence-electron chi connectivity index (χ3n) is 2.69. The van der Waals surface area contributed by atoms with Crippen LogP contribution in [0, 0.1) is 0 Å². The van der Waals surface area contributed by atoms with Crippen molar-refractivity contribution in [3.05, 3.63) is 48.0 Å². The zero-order valence-corrected chi connectivity index (χ0v) is 13.7. The SMILES string of the molecule is CCOC(=O)/C=C/C(=O)OC[C@@H](C)NC(=O)OCc1ccccc1. The van der Waals surface area contributed by atoms with Crippen molar-refractivity contribution in [1.29, 1.82) is 0 Å². The molecule has 0 saturated heterocycles. The molecular weight excluding hydrogens is 314 g/mol. The molecule has 1 aromatic rings. The predicted octanol–water partition coefficient (Wildman–Crippen LogP) is 1.96. The summed E-state index contributed by atoms with van der Waals surface area (Å²) in [5.41, 5.74) is 0.871. The normalized spacial score (nSPS) is 11.6. The minimum absolute atomic E-state index is 0.0492. The Kier molecular flexibility index (Phi) is 8.67. The Bertz CT molecular complexity index is 570. The van der Waals surface area contributed by atoms with Gasteiger partial charge in [-0.25, -0.2) is 14.4 Å². The van der Waals surface area contributed by atoms with E-state index in [1.165, 1.54) is 0 Å². The van der Waals surface area contributed by atoms with Crippen LogP contribution in [0.5, 0.6) is 0 Å². The molecule has 7 nitrogen and oxygen atoms in total. The number of carbonyl (C=O) groups is 3. The van der Waals surface area contributed by atoms with Gasteiger partial charge in [0.25, 0.3) is 0 Å². The highest BCUT2D eigenvalue weighted by Gasteiger charge is 2.10.